The molecule has 0 N–H and O–H groups in total. The van der Waals surface area contributed by atoms with Crippen molar-refractivity contribution in [2.24, 2.45) is 0 Å². The standard InChI is InChI=1S/C22H46O10Si/c1-5-31-22(23)6-7-24-8-9-25-10-11-26-12-13-27-14-15-28-16-17-29-18-19-30-20-21-32-33(2,3)4/h5-21H2,1-4H3. The minimum Gasteiger partial charge on any atom is -0.466 e. The van der Waals surface area contributed by atoms with Crippen LogP contribution in [0.1, 0.15) is 13.3 Å². The van der Waals surface area contributed by atoms with E-state index in [1.165, 1.54) is 0 Å². The molecule has 0 rings (SSSR count). The molecule has 0 amide bonds. The fourth-order valence-corrected chi connectivity index (χ4v) is 2.91. The summed E-state index contributed by atoms with van der Waals surface area (Å²) < 4.78 is 48.3. The molecule has 0 radical (unpaired) electrons. The lowest BCUT2D eigenvalue weighted by atomic mass is 10.5. The van der Waals surface area contributed by atoms with Gasteiger partial charge in [0.1, 0.15) is 0 Å². The van der Waals surface area contributed by atoms with Crippen molar-refractivity contribution in [3.8, 4) is 0 Å². The van der Waals surface area contributed by atoms with E-state index >= 15 is 0 Å². The molecular formula is C22H46O10Si. The van der Waals surface area contributed by atoms with Gasteiger partial charge in [-0.15, -0.1) is 0 Å². The molecule has 0 fully saturated rings. The molecule has 0 aliphatic heterocycles. The first-order valence-corrected chi connectivity index (χ1v) is 15.2. The van der Waals surface area contributed by atoms with Gasteiger partial charge in [-0.1, -0.05) is 0 Å². The zero-order chi connectivity index (χ0) is 24.5. The Bertz CT molecular complexity index is 420. The highest BCUT2D eigenvalue weighted by atomic mass is 28.4. The maximum atomic E-state index is 11.1. The first-order valence-electron chi connectivity index (χ1n) is 11.8. The fourth-order valence-electron chi connectivity index (χ4n) is 2.22. The summed E-state index contributed by atoms with van der Waals surface area (Å²) in [4.78, 5) is 11.1. The van der Waals surface area contributed by atoms with Crippen LogP contribution in [0.3, 0.4) is 0 Å². The lowest BCUT2D eigenvalue weighted by Crippen LogP contribution is -2.27. The van der Waals surface area contributed by atoms with Crippen LogP contribution >= 0.6 is 0 Å². The van der Waals surface area contributed by atoms with E-state index in [0.717, 1.165) is 0 Å². The summed E-state index contributed by atoms with van der Waals surface area (Å²) in [5.74, 6) is -0.245. The summed E-state index contributed by atoms with van der Waals surface area (Å²) in [7, 11) is -1.44. The van der Waals surface area contributed by atoms with Crippen molar-refractivity contribution >= 4 is 14.3 Å². The molecular weight excluding hydrogens is 452 g/mol. The molecule has 198 valence electrons. The molecule has 0 saturated heterocycles. The van der Waals surface area contributed by atoms with Crippen LogP contribution in [0.5, 0.6) is 0 Å². The molecule has 0 spiro atoms. The lowest BCUT2D eigenvalue weighted by Gasteiger charge is -2.16. The van der Waals surface area contributed by atoms with Crippen LogP contribution in [0.25, 0.3) is 0 Å². The van der Waals surface area contributed by atoms with E-state index in [4.69, 9.17) is 42.3 Å². The Morgan fingerprint density at radius 2 is 0.818 bits per heavy atom. The number of ether oxygens (including phenoxy) is 8. The van der Waals surface area contributed by atoms with Crippen molar-refractivity contribution in [1.82, 2.24) is 0 Å². The second-order valence-corrected chi connectivity index (χ2v) is 12.3. The quantitative estimate of drug-likeness (QED) is 0.0998. The van der Waals surface area contributed by atoms with Gasteiger partial charge in [0.2, 0.25) is 0 Å². The Labute approximate surface area is 200 Å². The Hall–Kier alpha value is -0.633. The van der Waals surface area contributed by atoms with Gasteiger partial charge >= 0.3 is 5.97 Å². The van der Waals surface area contributed by atoms with Gasteiger partial charge in [0.05, 0.1) is 112 Å². The average Bonchev–Trinajstić information content (AvgIpc) is 2.76. The lowest BCUT2D eigenvalue weighted by molar-refractivity contribution is -0.144. The van der Waals surface area contributed by atoms with Crippen molar-refractivity contribution in [2.75, 3.05) is 106 Å². The van der Waals surface area contributed by atoms with E-state index in [9.17, 15) is 4.79 Å². The first kappa shape index (κ1) is 32.4. The molecule has 0 atom stereocenters. The van der Waals surface area contributed by atoms with Crippen LogP contribution in [0.4, 0.5) is 0 Å². The predicted molar refractivity (Wildman–Crippen MR) is 126 cm³/mol. The topological polar surface area (TPSA) is 100 Å². The Balaban J connectivity index is 3.07. The van der Waals surface area contributed by atoms with Crippen molar-refractivity contribution in [2.45, 2.75) is 33.0 Å². The van der Waals surface area contributed by atoms with Gasteiger partial charge in [-0.2, -0.15) is 0 Å². The van der Waals surface area contributed by atoms with E-state index in [1.54, 1.807) is 6.92 Å². The third kappa shape index (κ3) is 29.3. The highest BCUT2D eigenvalue weighted by Gasteiger charge is 2.13. The molecule has 0 aliphatic carbocycles. The van der Waals surface area contributed by atoms with Crippen LogP contribution in [0.15, 0.2) is 0 Å². The van der Waals surface area contributed by atoms with Crippen LogP contribution in [-0.4, -0.2) is 120 Å². The minimum atomic E-state index is -1.44. The second-order valence-electron chi connectivity index (χ2n) is 7.80. The van der Waals surface area contributed by atoms with Gasteiger partial charge in [0, 0.05) is 0 Å². The maximum absolute atomic E-state index is 11.1. The number of carbonyl (C=O) groups is 1. The van der Waals surface area contributed by atoms with Gasteiger partial charge in [0.25, 0.3) is 0 Å². The summed E-state index contributed by atoms with van der Waals surface area (Å²) in [6, 6.07) is 0. The highest BCUT2D eigenvalue weighted by molar-refractivity contribution is 6.69. The third-order valence-electron chi connectivity index (χ3n) is 3.75. The molecule has 33 heavy (non-hydrogen) atoms. The van der Waals surface area contributed by atoms with Crippen molar-refractivity contribution in [3.05, 3.63) is 0 Å². The minimum absolute atomic E-state index is 0.245. The average molecular weight is 499 g/mol. The molecule has 0 aliphatic rings. The summed E-state index contributed by atoms with van der Waals surface area (Å²) in [6.07, 6.45) is 0.265. The van der Waals surface area contributed by atoms with Gasteiger partial charge < -0.3 is 42.3 Å². The number of rotatable bonds is 26. The maximum Gasteiger partial charge on any atom is 0.308 e. The first-order chi connectivity index (χ1) is 16.0. The van der Waals surface area contributed by atoms with E-state index in [2.05, 4.69) is 19.6 Å². The predicted octanol–water partition coefficient (Wildman–Crippen LogP) is 1.91. The third-order valence-corrected chi connectivity index (χ3v) is 4.82. The molecule has 0 aromatic carbocycles. The molecule has 0 aromatic rings. The number of carbonyl (C=O) groups excluding carboxylic acids is 1. The second kappa shape index (κ2) is 24.5. The Morgan fingerprint density at radius 1 is 0.515 bits per heavy atom. The van der Waals surface area contributed by atoms with E-state index in [-0.39, 0.29) is 12.4 Å². The summed E-state index contributed by atoms with van der Waals surface area (Å²) in [5, 5.41) is 0. The zero-order valence-electron chi connectivity index (χ0n) is 21.1. The van der Waals surface area contributed by atoms with Crippen LogP contribution in [0, 0.1) is 0 Å². The van der Waals surface area contributed by atoms with E-state index in [0.29, 0.717) is 106 Å². The normalized spacial score (nSPS) is 11.8. The summed E-state index contributed by atoms with van der Waals surface area (Å²) in [6.45, 7) is 16.4. The van der Waals surface area contributed by atoms with Gasteiger partial charge in [-0.3, -0.25) is 4.79 Å². The SMILES string of the molecule is CCOC(=O)CCOCCOCCOCCOCCOCCOCCOCCO[Si](C)(C)C. The summed E-state index contributed by atoms with van der Waals surface area (Å²) in [5.41, 5.74) is 0. The largest absolute Gasteiger partial charge is 0.466 e. The van der Waals surface area contributed by atoms with Crippen LogP contribution < -0.4 is 0 Å². The molecule has 11 heteroatoms. The molecule has 10 nitrogen and oxygen atoms in total. The van der Waals surface area contributed by atoms with Crippen molar-refractivity contribution in [3.63, 3.8) is 0 Å². The highest BCUT2D eigenvalue weighted by Crippen LogP contribution is 2.01. The molecule has 0 saturated carbocycles. The monoisotopic (exact) mass is 498 g/mol. The molecule has 0 aromatic heterocycles. The number of esters is 1. The van der Waals surface area contributed by atoms with E-state index < -0.39 is 8.32 Å². The number of hydrogen-bond acceptors (Lipinski definition) is 10. The summed E-state index contributed by atoms with van der Waals surface area (Å²) >= 11 is 0. The van der Waals surface area contributed by atoms with Gasteiger partial charge in [-0.05, 0) is 26.6 Å². The Kier molecular flexibility index (Phi) is 24.0. The molecule has 0 heterocycles. The Morgan fingerprint density at radius 3 is 1.12 bits per heavy atom. The van der Waals surface area contributed by atoms with Crippen molar-refractivity contribution in [1.29, 1.82) is 0 Å². The molecule has 0 unspecified atom stereocenters. The fraction of sp³-hybridized carbons (Fsp3) is 0.955. The molecule has 0 bridgehead atoms. The van der Waals surface area contributed by atoms with E-state index in [1.807, 2.05) is 0 Å². The smallest absolute Gasteiger partial charge is 0.308 e. The zero-order valence-corrected chi connectivity index (χ0v) is 22.1. The van der Waals surface area contributed by atoms with Crippen LogP contribution in [-0.2, 0) is 47.1 Å². The van der Waals surface area contributed by atoms with Gasteiger partial charge in [-0.25, -0.2) is 0 Å². The van der Waals surface area contributed by atoms with Crippen LogP contribution in [0.2, 0.25) is 19.6 Å². The van der Waals surface area contributed by atoms with Crippen molar-refractivity contribution < 1.29 is 47.1 Å². The number of hydrogen-bond donors (Lipinski definition) is 0. The van der Waals surface area contributed by atoms with Gasteiger partial charge in [0.15, 0.2) is 8.32 Å².